The molecule has 1 aliphatic carbocycles. The van der Waals surface area contributed by atoms with E-state index in [9.17, 15) is 19.1 Å². The molecule has 1 saturated carbocycles. The number of ether oxygens (including phenoxy) is 1. The molecule has 33 heavy (non-hydrogen) atoms. The van der Waals surface area contributed by atoms with Crippen molar-refractivity contribution in [3.8, 4) is 22.8 Å². The molecule has 2 aromatic carbocycles. The molecule has 1 aromatic heterocycles. The van der Waals surface area contributed by atoms with Crippen LogP contribution in [0.25, 0.3) is 11.3 Å². The van der Waals surface area contributed by atoms with Gasteiger partial charge in [0.15, 0.2) is 0 Å². The van der Waals surface area contributed by atoms with Crippen LogP contribution in [0.15, 0.2) is 60.7 Å². The second-order valence-corrected chi connectivity index (χ2v) is 7.84. The second-order valence-electron chi connectivity index (χ2n) is 7.84. The average Bonchev–Trinajstić information content (AvgIpc) is 3.65. The molecule has 0 bridgehead atoms. The first-order valence-corrected chi connectivity index (χ1v) is 10.7. The Hall–Kier alpha value is -3.78. The summed E-state index contributed by atoms with van der Waals surface area (Å²) in [6.45, 7) is -0.162. The van der Waals surface area contributed by atoms with Crippen LogP contribution in [0.1, 0.15) is 18.4 Å². The number of carbonyl (C=O) groups is 2. The van der Waals surface area contributed by atoms with E-state index in [1.54, 1.807) is 30.3 Å². The predicted molar refractivity (Wildman–Crippen MR) is 121 cm³/mol. The number of nitrogens with one attached hydrogen (secondary N) is 2. The third kappa shape index (κ3) is 6.36. The number of aliphatic hydroxyl groups is 1. The average molecular weight is 449 g/mol. The number of rotatable bonds is 9. The summed E-state index contributed by atoms with van der Waals surface area (Å²) in [4.78, 5) is 28.5. The molecule has 0 radical (unpaired) electrons. The molecule has 170 valence electrons. The first kappa shape index (κ1) is 22.4. The highest BCUT2D eigenvalue weighted by atomic mass is 19.1. The van der Waals surface area contributed by atoms with Gasteiger partial charge in [-0.05, 0) is 85.5 Å². The molecule has 8 heteroatoms. The van der Waals surface area contributed by atoms with E-state index in [0.717, 1.165) is 24.0 Å². The number of aromatic nitrogens is 1. The third-order valence-corrected chi connectivity index (χ3v) is 5.12. The van der Waals surface area contributed by atoms with E-state index in [1.165, 1.54) is 12.1 Å². The van der Waals surface area contributed by atoms with Gasteiger partial charge in [-0.15, -0.1) is 0 Å². The van der Waals surface area contributed by atoms with Crippen molar-refractivity contribution < 1.29 is 23.8 Å². The van der Waals surface area contributed by atoms with Gasteiger partial charge in [0.1, 0.15) is 23.1 Å². The van der Waals surface area contributed by atoms with Gasteiger partial charge in [-0.3, -0.25) is 9.59 Å². The van der Waals surface area contributed by atoms with E-state index >= 15 is 0 Å². The summed E-state index contributed by atoms with van der Waals surface area (Å²) in [6, 6.07) is 16.5. The molecule has 1 aliphatic rings. The number of anilines is 1. The van der Waals surface area contributed by atoms with Crippen LogP contribution in [0.4, 0.5) is 10.2 Å². The Morgan fingerprint density at radius 1 is 1.03 bits per heavy atom. The number of benzene rings is 2. The van der Waals surface area contributed by atoms with Gasteiger partial charge >= 0.3 is 0 Å². The van der Waals surface area contributed by atoms with Crippen LogP contribution in [0.3, 0.4) is 0 Å². The first-order chi connectivity index (χ1) is 16.0. The summed E-state index contributed by atoms with van der Waals surface area (Å²) in [5.41, 5.74) is 2.22. The van der Waals surface area contributed by atoms with Gasteiger partial charge in [-0.25, -0.2) is 9.37 Å². The molecule has 0 aliphatic heterocycles. The maximum Gasteiger partial charge on any atom is 0.244 e. The van der Waals surface area contributed by atoms with Gasteiger partial charge in [0.25, 0.3) is 0 Å². The van der Waals surface area contributed by atoms with Crippen LogP contribution in [0.2, 0.25) is 0 Å². The molecule has 1 fully saturated rings. The van der Waals surface area contributed by atoms with Gasteiger partial charge in [0.2, 0.25) is 11.8 Å². The molecule has 4 rings (SSSR count). The molecule has 7 nitrogen and oxygen atoms in total. The van der Waals surface area contributed by atoms with Crippen molar-refractivity contribution in [3.63, 3.8) is 0 Å². The van der Waals surface area contributed by atoms with E-state index < -0.39 is 0 Å². The number of amides is 2. The Morgan fingerprint density at radius 3 is 2.33 bits per heavy atom. The number of hydrogen-bond acceptors (Lipinski definition) is 5. The predicted octanol–water partition coefficient (Wildman–Crippen LogP) is 3.68. The van der Waals surface area contributed by atoms with Crippen LogP contribution < -0.4 is 15.4 Å². The molecule has 2 amide bonds. The summed E-state index contributed by atoms with van der Waals surface area (Å²) in [7, 11) is 0. The second kappa shape index (κ2) is 10.2. The van der Waals surface area contributed by atoms with Crippen LogP contribution in [0, 0.1) is 11.7 Å². The van der Waals surface area contributed by atoms with Gasteiger partial charge < -0.3 is 20.5 Å². The number of hydrogen-bond donors (Lipinski definition) is 3. The summed E-state index contributed by atoms with van der Waals surface area (Å²) < 4.78 is 18.8. The molecule has 0 saturated heterocycles. The minimum atomic E-state index is -0.369. The molecule has 0 atom stereocenters. The number of halogens is 1. The van der Waals surface area contributed by atoms with E-state index in [-0.39, 0.29) is 36.7 Å². The lowest BCUT2D eigenvalue weighted by molar-refractivity contribution is -0.125. The SMILES string of the molecule is O=C(CNC(=O)C1CC1)Nc1cc(CCO)cc(-c2ccc(Oc3ccc(F)cc3)cc2)n1. The van der Waals surface area contributed by atoms with Crippen LogP contribution >= 0.6 is 0 Å². The third-order valence-electron chi connectivity index (χ3n) is 5.12. The molecule has 0 unspecified atom stereocenters. The first-order valence-electron chi connectivity index (χ1n) is 10.7. The van der Waals surface area contributed by atoms with Crippen LogP contribution in [0.5, 0.6) is 11.5 Å². The summed E-state index contributed by atoms with van der Waals surface area (Å²) in [5, 5.41) is 14.7. The highest BCUT2D eigenvalue weighted by Gasteiger charge is 2.29. The van der Waals surface area contributed by atoms with E-state index in [0.29, 0.717) is 29.4 Å². The topological polar surface area (TPSA) is 101 Å². The smallest absolute Gasteiger partial charge is 0.244 e. The van der Waals surface area contributed by atoms with Crippen molar-refractivity contribution in [2.75, 3.05) is 18.5 Å². The maximum atomic E-state index is 13.1. The molecular weight excluding hydrogens is 425 g/mol. The Morgan fingerprint density at radius 2 is 1.70 bits per heavy atom. The molecule has 3 aromatic rings. The fourth-order valence-electron chi connectivity index (χ4n) is 3.25. The number of carbonyl (C=O) groups excluding carboxylic acids is 2. The summed E-state index contributed by atoms with van der Waals surface area (Å²) in [6.07, 6.45) is 2.15. The lowest BCUT2D eigenvalue weighted by atomic mass is 10.1. The minimum absolute atomic E-state index is 0.0328. The summed E-state index contributed by atoms with van der Waals surface area (Å²) >= 11 is 0. The highest BCUT2D eigenvalue weighted by Crippen LogP contribution is 2.29. The molecule has 0 spiro atoms. The van der Waals surface area contributed by atoms with Crippen molar-refractivity contribution >= 4 is 17.6 Å². The normalized spacial score (nSPS) is 12.8. The zero-order valence-electron chi connectivity index (χ0n) is 17.9. The van der Waals surface area contributed by atoms with Crippen molar-refractivity contribution in [1.82, 2.24) is 10.3 Å². The number of aliphatic hydroxyl groups excluding tert-OH is 1. The molecule has 1 heterocycles. The van der Waals surface area contributed by atoms with Crippen molar-refractivity contribution in [2.24, 2.45) is 5.92 Å². The summed E-state index contributed by atoms with van der Waals surface area (Å²) in [5.74, 6) is 0.670. The van der Waals surface area contributed by atoms with Crippen molar-refractivity contribution in [2.45, 2.75) is 19.3 Å². The largest absolute Gasteiger partial charge is 0.457 e. The highest BCUT2D eigenvalue weighted by molar-refractivity contribution is 5.94. The Kier molecular flexibility index (Phi) is 6.95. The van der Waals surface area contributed by atoms with Crippen LogP contribution in [-0.2, 0) is 16.0 Å². The molecular formula is C25H24FN3O4. The van der Waals surface area contributed by atoms with Crippen molar-refractivity contribution in [3.05, 3.63) is 72.0 Å². The van der Waals surface area contributed by atoms with Gasteiger partial charge in [0.05, 0.1) is 12.2 Å². The zero-order chi connectivity index (χ0) is 23.2. The van der Waals surface area contributed by atoms with Gasteiger partial charge in [-0.2, -0.15) is 0 Å². The lowest BCUT2D eigenvalue weighted by Crippen LogP contribution is -2.33. The Bertz CT molecular complexity index is 1130. The van der Waals surface area contributed by atoms with E-state index in [4.69, 9.17) is 4.74 Å². The number of pyridine rings is 1. The lowest BCUT2D eigenvalue weighted by Gasteiger charge is -2.11. The van der Waals surface area contributed by atoms with Gasteiger partial charge in [0, 0.05) is 18.1 Å². The van der Waals surface area contributed by atoms with E-state index in [1.807, 2.05) is 18.2 Å². The Balaban J connectivity index is 1.46. The minimum Gasteiger partial charge on any atom is -0.457 e. The number of nitrogens with zero attached hydrogens (tertiary/aromatic N) is 1. The van der Waals surface area contributed by atoms with E-state index in [2.05, 4.69) is 15.6 Å². The Labute approximate surface area is 190 Å². The zero-order valence-corrected chi connectivity index (χ0v) is 17.9. The fourth-order valence-corrected chi connectivity index (χ4v) is 3.25. The van der Waals surface area contributed by atoms with Crippen LogP contribution in [-0.4, -0.2) is 35.1 Å². The fraction of sp³-hybridized carbons (Fsp3) is 0.240. The standard InChI is InChI=1S/C25H24FN3O4/c26-19-5-9-21(10-6-19)33-20-7-3-17(4-8-20)22-13-16(11-12-30)14-23(28-22)29-24(31)15-27-25(32)18-1-2-18/h3-10,13-14,18,30H,1-2,11-12,15H2,(H,27,32)(H,28,29,31). The monoisotopic (exact) mass is 449 g/mol. The van der Waals surface area contributed by atoms with Crippen molar-refractivity contribution in [1.29, 1.82) is 0 Å². The quantitative estimate of drug-likeness (QED) is 0.463. The van der Waals surface area contributed by atoms with Gasteiger partial charge in [-0.1, -0.05) is 0 Å². The maximum absolute atomic E-state index is 13.1. The molecule has 3 N–H and O–H groups in total.